The van der Waals surface area contributed by atoms with Gasteiger partial charge in [0.15, 0.2) is 5.82 Å². The third-order valence-electron chi connectivity index (χ3n) is 7.71. The van der Waals surface area contributed by atoms with Crippen LogP contribution in [-0.2, 0) is 29.4 Å². The van der Waals surface area contributed by atoms with Gasteiger partial charge >= 0.3 is 0 Å². The fraction of sp³-hybridized carbons (Fsp3) is 0.600. The first-order chi connectivity index (χ1) is 17.5. The quantitative estimate of drug-likeness (QED) is 0.518. The van der Waals surface area contributed by atoms with Gasteiger partial charge in [-0.15, -0.1) is 11.3 Å². The Balaban J connectivity index is 1.28. The number of carbonyl (C=O) groups is 1. The third-order valence-corrected chi connectivity index (χ3v) is 8.90. The zero-order valence-electron chi connectivity index (χ0n) is 20.6. The van der Waals surface area contributed by atoms with Crippen molar-refractivity contribution in [2.24, 2.45) is 18.7 Å². The van der Waals surface area contributed by atoms with Crippen molar-refractivity contribution in [1.82, 2.24) is 24.6 Å². The highest BCUT2D eigenvalue weighted by Crippen LogP contribution is 2.42. The average Bonchev–Trinajstić information content (AvgIpc) is 3.47. The molecular weight excluding hydrogens is 478 g/mol. The molecule has 1 saturated carbocycles. The molecule has 1 atom stereocenters. The topological polar surface area (TPSA) is 120 Å². The summed E-state index contributed by atoms with van der Waals surface area (Å²) in [6, 6.07) is 2.49. The fourth-order valence-corrected chi connectivity index (χ4v) is 6.96. The van der Waals surface area contributed by atoms with Gasteiger partial charge in [-0.05, 0) is 50.5 Å². The maximum Gasteiger partial charge on any atom is 0.233 e. The highest BCUT2D eigenvalue weighted by molar-refractivity contribution is 7.18. The normalized spacial score (nSPS) is 25.0. The van der Waals surface area contributed by atoms with E-state index in [9.17, 15) is 4.79 Å². The molecular formula is C25H33N7O3S. The van der Waals surface area contributed by atoms with E-state index >= 15 is 0 Å². The highest BCUT2D eigenvalue weighted by Gasteiger charge is 2.32. The Labute approximate surface area is 214 Å². The van der Waals surface area contributed by atoms with Crippen LogP contribution < -0.4 is 15.8 Å². The zero-order chi connectivity index (χ0) is 24.6. The van der Waals surface area contributed by atoms with Gasteiger partial charge in [0, 0.05) is 49.2 Å². The molecule has 0 bridgehead atoms. The molecule has 36 heavy (non-hydrogen) atoms. The van der Waals surface area contributed by atoms with Crippen molar-refractivity contribution in [3.63, 3.8) is 0 Å². The Morgan fingerprint density at radius 2 is 2.00 bits per heavy atom. The molecule has 1 unspecified atom stereocenters. The van der Waals surface area contributed by atoms with Crippen LogP contribution in [0, 0.1) is 5.92 Å². The van der Waals surface area contributed by atoms with Crippen LogP contribution in [-0.4, -0.2) is 69.0 Å². The van der Waals surface area contributed by atoms with Crippen LogP contribution in [0.25, 0.3) is 10.2 Å². The molecule has 1 amide bonds. The molecule has 0 aromatic carbocycles. The molecule has 6 rings (SSSR count). The molecule has 3 aromatic heterocycles. The number of rotatable bonds is 6. The molecule has 0 spiro atoms. The molecule has 3 aliphatic rings. The third kappa shape index (κ3) is 4.79. The van der Waals surface area contributed by atoms with E-state index in [0.717, 1.165) is 80.6 Å². The van der Waals surface area contributed by atoms with E-state index in [0.29, 0.717) is 30.1 Å². The minimum atomic E-state index is -0.238. The lowest BCUT2D eigenvalue weighted by molar-refractivity contribution is -0.122. The average molecular weight is 512 g/mol. The molecule has 10 nitrogen and oxygen atoms in total. The van der Waals surface area contributed by atoms with Gasteiger partial charge in [-0.2, -0.15) is 10.1 Å². The number of primary amides is 1. The number of ether oxygens (including phenoxy) is 2. The van der Waals surface area contributed by atoms with Crippen LogP contribution in [0.2, 0.25) is 0 Å². The maximum absolute atomic E-state index is 12.0. The summed E-state index contributed by atoms with van der Waals surface area (Å²) in [4.78, 5) is 26.3. The Bertz CT molecular complexity index is 1240. The van der Waals surface area contributed by atoms with Crippen molar-refractivity contribution >= 4 is 39.2 Å². The van der Waals surface area contributed by atoms with E-state index in [4.69, 9.17) is 25.2 Å². The molecule has 3 aromatic rings. The van der Waals surface area contributed by atoms with Crippen LogP contribution in [0.4, 0.5) is 11.8 Å². The minimum Gasteiger partial charge on any atom is -0.474 e. The number of thiophene rings is 1. The van der Waals surface area contributed by atoms with Gasteiger partial charge in [-0.25, -0.2) is 4.98 Å². The maximum atomic E-state index is 12.0. The van der Waals surface area contributed by atoms with Crippen LogP contribution in [0.5, 0.6) is 5.88 Å². The number of anilines is 2. The summed E-state index contributed by atoms with van der Waals surface area (Å²) in [5, 5.41) is 8.58. The second-order valence-electron chi connectivity index (χ2n) is 10.1. The summed E-state index contributed by atoms with van der Waals surface area (Å²) in [5.74, 6) is 1.37. The van der Waals surface area contributed by atoms with Crippen LogP contribution in [0.1, 0.15) is 42.5 Å². The summed E-state index contributed by atoms with van der Waals surface area (Å²) in [5.41, 5.74) is 6.81. The standard InChI is InChI=1S/C25H33N7O3S/c1-31-9-8-20(30-31)27-25-28-23(35-17-5-3-16(4-6-17)32-10-12-34-13-11-32)21-18-14-15(22(26)33)2-7-19(18)36-24(21)29-25/h8-9,15-17H,2-7,10-14H2,1H3,(H2,26,33)(H,27,28,29,30). The Morgan fingerprint density at radius 1 is 1.19 bits per heavy atom. The van der Waals surface area contributed by atoms with E-state index in [1.165, 1.54) is 4.88 Å². The van der Waals surface area contributed by atoms with Crippen molar-refractivity contribution < 1.29 is 14.3 Å². The van der Waals surface area contributed by atoms with E-state index in [-0.39, 0.29) is 17.9 Å². The number of aromatic nitrogens is 4. The van der Waals surface area contributed by atoms with Crippen LogP contribution >= 0.6 is 11.3 Å². The van der Waals surface area contributed by atoms with Gasteiger partial charge in [0.05, 0.1) is 18.6 Å². The molecule has 4 heterocycles. The van der Waals surface area contributed by atoms with E-state index < -0.39 is 0 Å². The zero-order valence-corrected chi connectivity index (χ0v) is 21.4. The summed E-state index contributed by atoms with van der Waals surface area (Å²) in [6.45, 7) is 3.70. The van der Waals surface area contributed by atoms with Crippen molar-refractivity contribution in [3.05, 3.63) is 22.7 Å². The first-order valence-corrected chi connectivity index (χ1v) is 13.7. The highest BCUT2D eigenvalue weighted by atomic mass is 32.1. The van der Waals surface area contributed by atoms with Crippen molar-refractivity contribution in [2.45, 2.75) is 57.1 Å². The van der Waals surface area contributed by atoms with E-state index in [1.54, 1.807) is 16.0 Å². The number of aryl methyl sites for hydroxylation is 2. The summed E-state index contributed by atoms with van der Waals surface area (Å²) >= 11 is 1.67. The number of amides is 1. The minimum absolute atomic E-state index is 0.106. The molecule has 1 saturated heterocycles. The van der Waals surface area contributed by atoms with E-state index in [1.807, 2.05) is 19.3 Å². The number of hydrogen-bond acceptors (Lipinski definition) is 9. The predicted molar refractivity (Wildman–Crippen MR) is 138 cm³/mol. The van der Waals surface area contributed by atoms with Gasteiger partial charge in [0.25, 0.3) is 0 Å². The first kappa shape index (κ1) is 23.6. The number of carbonyl (C=O) groups excluding carboxylic acids is 1. The van der Waals surface area contributed by atoms with Crippen LogP contribution in [0.3, 0.4) is 0 Å². The number of morpholine rings is 1. The van der Waals surface area contributed by atoms with Gasteiger partial charge in [0.1, 0.15) is 10.9 Å². The molecule has 192 valence electrons. The smallest absolute Gasteiger partial charge is 0.233 e. The lowest BCUT2D eigenvalue weighted by atomic mass is 9.87. The Hall–Kier alpha value is -2.76. The Kier molecular flexibility index (Phi) is 6.53. The van der Waals surface area contributed by atoms with E-state index in [2.05, 4.69) is 15.3 Å². The largest absolute Gasteiger partial charge is 0.474 e. The summed E-state index contributed by atoms with van der Waals surface area (Å²) < 4.78 is 13.9. The molecule has 2 fully saturated rings. The molecule has 3 N–H and O–H groups in total. The summed E-state index contributed by atoms with van der Waals surface area (Å²) in [7, 11) is 1.87. The number of fused-ring (bicyclic) bond motifs is 3. The summed E-state index contributed by atoms with van der Waals surface area (Å²) in [6.07, 6.45) is 8.43. The van der Waals surface area contributed by atoms with Gasteiger partial charge in [-0.1, -0.05) is 0 Å². The molecule has 1 aliphatic heterocycles. The van der Waals surface area contributed by atoms with Crippen molar-refractivity contribution in [2.75, 3.05) is 31.6 Å². The lowest BCUT2D eigenvalue weighted by Crippen LogP contribution is -2.46. The number of hydrogen-bond donors (Lipinski definition) is 2. The van der Waals surface area contributed by atoms with Gasteiger partial charge < -0.3 is 20.5 Å². The SMILES string of the molecule is Cn1ccc(Nc2nc(OC3CCC(N4CCOCC4)CC3)c3c4c(sc3n2)CCC(C(N)=O)C4)n1. The number of nitrogens with one attached hydrogen (secondary N) is 1. The fourth-order valence-electron chi connectivity index (χ4n) is 5.75. The van der Waals surface area contributed by atoms with Gasteiger partial charge in [-0.3, -0.25) is 14.4 Å². The molecule has 0 radical (unpaired) electrons. The van der Waals surface area contributed by atoms with Crippen molar-refractivity contribution in [1.29, 1.82) is 0 Å². The second-order valence-corrected chi connectivity index (χ2v) is 11.2. The predicted octanol–water partition coefficient (Wildman–Crippen LogP) is 2.78. The molecule has 2 aliphatic carbocycles. The lowest BCUT2D eigenvalue weighted by Gasteiger charge is -2.38. The van der Waals surface area contributed by atoms with Gasteiger partial charge in [0.2, 0.25) is 17.7 Å². The Morgan fingerprint density at radius 3 is 2.72 bits per heavy atom. The first-order valence-electron chi connectivity index (χ1n) is 12.9. The van der Waals surface area contributed by atoms with Crippen LogP contribution in [0.15, 0.2) is 12.3 Å². The number of nitrogens with two attached hydrogens (primary N) is 1. The monoisotopic (exact) mass is 511 g/mol. The second kappa shape index (κ2) is 9.95. The molecule has 11 heteroatoms. The van der Waals surface area contributed by atoms with Crippen molar-refractivity contribution in [3.8, 4) is 5.88 Å². The number of nitrogens with zero attached hydrogens (tertiary/aromatic N) is 5.